The summed E-state index contributed by atoms with van der Waals surface area (Å²) < 4.78 is 5.00. The van der Waals surface area contributed by atoms with E-state index in [-0.39, 0.29) is 18.9 Å². The van der Waals surface area contributed by atoms with Gasteiger partial charge in [-0.25, -0.2) is 4.79 Å². The van der Waals surface area contributed by atoms with Gasteiger partial charge in [-0.3, -0.25) is 0 Å². The summed E-state index contributed by atoms with van der Waals surface area (Å²) in [5, 5.41) is 18.5. The van der Waals surface area contributed by atoms with E-state index in [0.717, 1.165) is 12.8 Å². The molecule has 14 heavy (non-hydrogen) atoms. The normalized spacial score (nSPS) is 15.5. The van der Waals surface area contributed by atoms with Crippen LogP contribution >= 0.6 is 0 Å². The van der Waals surface area contributed by atoms with Gasteiger partial charge < -0.3 is 14.9 Å². The van der Waals surface area contributed by atoms with Gasteiger partial charge in [0.15, 0.2) is 0 Å². The summed E-state index contributed by atoms with van der Waals surface area (Å²) in [4.78, 5) is 10.8. The highest BCUT2D eigenvalue weighted by molar-refractivity contribution is 5.75. The molecule has 4 heteroatoms. The standard InChI is InChI=1S/C10H20O4/c1-4-5-6-14-10(13,9(11)12)7-8(2)3/h8,13H,4-7H2,1-3H3,(H,11,12). The molecule has 0 aromatic carbocycles. The van der Waals surface area contributed by atoms with Gasteiger partial charge in [0.05, 0.1) is 6.61 Å². The lowest BCUT2D eigenvalue weighted by atomic mass is 10.0. The van der Waals surface area contributed by atoms with Crippen molar-refractivity contribution in [3.8, 4) is 0 Å². The number of carboxylic acids is 1. The average molecular weight is 204 g/mol. The summed E-state index contributed by atoms with van der Waals surface area (Å²) in [7, 11) is 0. The number of rotatable bonds is 7. The van der Waals surface area contributed by atoms with Gasteiger partial charge in [-0.2, -0.15) is 0 Å². The quantitative estimate of drug-likeness (QED) is 0.488. The molecule has 0 bridgehead atoms. The van der Waals surface area contributed by atoms with Crippen molar-refractivity contribution in [1.29, 1.82) is 0 Å². The third-order valence-corrected chi connectivity index (χ3v) is 1.86. The highest BCUT2D eigenvalue weighted by atomic mass is 16.6. The lowest BCUT2D eigenvalue weighted by Crippen LogP contribution is -2.43. The van der Waals surface area contributed by atoms with E-state index >= 15 is 0 Å². The van der Waals surface area contributed by atoms with Crippen LogP contribution in [0.1, 0.15) is 40.0 Å². The summed E-state index contributed by atoms with van der Waals surface area (Å²) in [5.41, 5.74) is 0. The van der Waals surface area contributed by atoms with Crippen molar-refractivity contribution >= 4 is 5.97 Å². The lowest BCUT2D eigenvalue weighted by molar-refractivity contribution is -0.229. The van der Waals surface area contributed by atoms with E-state index < -0.39 is 11.8 Å². The molecule has 4 nitrogen and oxygen atoms in total. The fourth-order valence-electron chi connectivity index (χ4n) is 1.15. The van der Waals surface area contributed by atoms with Gasteiger partial charge in [0, 0.05) is 6.42 Å². The van der Waals surface area contributed by atoms with Crippen LogP contribution in [0.5, 0.6) is 0 Å². The van der Waals surface area contributed by atoms with Crippen LogP contribution in [0.3, 0.4) is 0 Å². The van der Waals surface area contributed by atoms with Crippen LogP contribution in [0.4, 0.5) is 0 Å². The summed E-state index contributed by atoms with van der Waals surface area (Å²) in [6, 6.07) is 0. The SMILES string of the molecule is CCCCOC(O)(CC(C)C)C(=O)O. The first-order valence-electron chi connectivity index (χ1n) is 5.02. The van der Waals surface area contributed by atoms with Gasteiger partial charge in [-0.15, -0.1) is 0 Å². The van der Waals surface area contributed by atoms with Crippen LogP contribution in [0.2, 0.25) is 0 Å². The maximum Gasteiger partial charge on any atom is 0.364 e. The van der Waals surface area contributed by atoms with Crippen LogP contribution in [0, 0.1) is 5.92 Å². The van der Waals surface area contributed by atoms with E-state index in [1.54, 1.807) is 0 Å². The fourth-order valence-corrected chi connectivity index (χ4v) is 1.15. The molecule has 0 aromatic heterocycles. The molecule has 0 fully saturated rings. The fraction of sp³-hybridized carbons (Fsp3) is 0.900. The predicted molar refractivity (Wildman–Crippen MR) is 52.9 cm³/mol. The van der Waals surface area contributed by atoms with E-state index in [4.69, 9.17) is 9.84 Å². The number of unbranched alkanes of at least 4 members (excludes halogenated alkanes) is 1. The molecule has 0 rings (SSSR count). The van der Waals surface area contributed by atoms with E-state index in [9.17, 15) is 9.90 Å². The Morgan fingerprint density at radius 3 is 2.43 bits per heavy atom. The van der Waals surface area contributed by atoms with Crippen molar-refractivity contribution in [3.05, 3.63) is 0 Å². The van der Waals surface area contributed by atoms with Crippen molar-refractivity contribution in [2.24, 2.45) is 5.92 Å². The molecule has 0 saturated heterocycles. The van der Waals surface area contributed by atoms with Crippen LogP contribution in [0.15, 0.2) is 0 Å². The van der Waals surface area contributed by atoms with Gasteiger partial charge in [0.25, 0.3) is 5.79 Å². The number of hydrogen-bond donors (Lipinski definition) is 2. The Balaban J connectivity index is 4.17. The Kier molecular flexibility index (Phi) is 5.72. The lowest BCUT2D eigenvalue weighted by Gasteiger charge is -2.25. The van der Waals surface area contributed by atoms with Crippen LogP contribution in [-0.2, 0) is 9.53 Å². The molecule has 0 heterocycles. The number of ether oxygens (including phenoxy) is 1. The summed E-state index contributed by atoms with van der Waals surface area (Å²) >= 11 is 0. The molecular weight excluding hydrogens is 184 g/mol. The van der Waals surface area contributed by atoms with Crippen molar-refractivity contribution < 1.29 is 19.7 Å². The Bertz CT molecular complexity index is 179. The molecule has 0 aromatic rings. The third kappa shape index (κ3) is 4.58. The molecule has 0 amide bonds. The first kappa shape index (κ1) is 13.4. The molecule has 2 N–H and O–H groups in total. The minimum atomic E-state index is -2.01. The number of carboxylic acid groups (broad SMARTS) is 1. The maximum atomic E-state index is 10.8. The Morgan fingerprint density at radius 1 is 1.50 bits per heavy atom. The number of aliphatic hydroxyl groups is 1. The van der Waals surface area contributed by atoms with Crippen molar-refractivity contribution in [1.82, 2.24) is 0 Å². The molecule has 0 radical (unpaired) electrons. The molecule has 84 valence electrons. The van der Waals surface area contributed by atoms with E-state index in [2.05, 4.69) is 0 Å². The Labute approximate surface area is 84.9 Å². The molecule has 1 unspecified atom stereocenters. The second kappa shape index (κ2) is 5.98. The van der Waals surface area contributed by atoms with Crippen LogP contribution in [0.25, 0.3) is 0 Å². The first-order valence-corrected chi connectivity index (χ1v) is 5.02. The number of carbonyl (C=O) groups is 1. The molecule has 0 spiro atoms. The molecule has 0 aliphatic carbocycles. The Hall–Kier alpha value is -0.610. The average Bonchev–Trinajstić information content (AvgIpc) is 2.03. The predicted octanol–water partition coefficient (Wildman–Crippen LogP) is 1.62. The number of hydrogen-bond acceptors (Lipinski definition) is 3. The minimum absolute atomic E-state index is 0.0812. The zero-order valence-electron chi connectivity index (χ0n) is 9.12. The second-order valence-corrected chi connectivity index (χ2v) is 3.89. The topological polar surface area (TPSA) is 66.8 Å². The smallest absolute Gasteiger partial charge is 0.364 e. The van der Waals surface area contributed by atoms with Crippen molar-refractivity contribution in [2.45, 2.75) is 45.8 Å². The maximum absolute atomic E-state index is 10.8. The zero-order valence-corrected chi connectivity index (χ0v) is 9.12. The van der Waals surface area contributed by atoms with Crippen molar-refractivity contribution in [2.75, 3.05) is 6.61 Å². The van der Waals surface area contributed by atoms with Gasteiger partial charge >= 0.3 is 5.97 Å². The summed E-state index contributed by atoms with van der Waals surface area (Å²) in [6.45, 7) is 5.95. The molecule has 0 aliphatic heterocycles. The van der Waals surface area contributed by atoms with Crippen LogP contribution < -0.4 is 0 Å². The van der Waals surface area contributed by atoms with Gasteiger partial charge in [-0.05, 0) is 12.3 Å². The second-order valence-electron chi connectivity index (χ2n) is 3.89. The summed E-state index contributed by atoms with van der Waals surface area (Å²) in [5.74, 6) is -3.23. The van der Waals surface area contributed by atoms with E-state index in [1.165, 1.54) is 0 Å². The monoisotopic (exact) mass is 204 g/mol. The van der Waals surface area contributed by atoms with E-state index in [1.807, 2.05) is 20.8 Å². The van der Waals surface area contributed by atoms with E-state index in [0.29, 0.717) is 0 Å². The van der Waals surface area contributed by atoms with Crippen LogP contribution in [-0.4, -0.2) is 28.6 Å². The Morgan fingerprint density at radius 2 is 2.07 bits per heavy atom. The van der Waals surface area contributed by atoms with Gasteiger partial charge in [-0.1, -0.05) is 27.2 Å². The largest absolute Gasteiger partial charge is 0.477 e. The number of aliphatic carboxylic acids is 1. The first-order chi connectivity index (χ1) is 6.42. The third-order valence-electron chi connectivity index (χ3n) is 1.86. The van der Waals surface area contributed by atoms with Crippen molar-refractivity contribution in [3.63, 3.8) is 0 Å². The van der Waals surface area contributed by atoms with Gasteiger partial charge in [0.1, 0.15) is 0 Å². The highest BCUT2D eigenvalue weighted by Gasteiger charge is 2.37. The minimum Gasteiger partial charge on any atom is -0.477 e. The molecular formula is C10H20O4. The summed E-state index contributed by atoms with van der Waals surface area (Å²) in [6.07, 6.45) is 1.79. The highest BCUT2D eigenvalue weighted by Crippen LogP contribution is 2.19. The van der Waals surface area contributed by atoms with Gasteiger partial charge in [0.2, 0.25) is 0 Å². The zero-order chi connectivity index (χ0) is 11.2. The molecule has 1 atom stereocenters. The molecule has 0 aliphatic rings. The molecule has 0 saturated carbocycles.